The van der Waals surface area contributed by atoms with Crippen molar-refractivity contribution in [1.82, 2.24) is 20.2 Å². The second-order valence-corrected chi connectivity index (χ2v) is 15.1. The molecule has 10 heteroatoms. The number of ether oxygens (including phenoxy) is 2. The summed E-state index contributed by atoms with van der Waals surface area (Å²) in [5.74, 6) is 3.17. The molecule has 4 unspecified atom stereocenters. The fourth-order valence-corrected chi connectivity index (χ4v) is 9.60. The van der Waals surface area contributed by atoms with Crippen LogP contribution in [0.5, 0.6) is 0 Å². The first-order valence-corrected chi connectivity index (χ1v) is 17.9. The van der Waals surface area contributed by atoms with E-state index in [1.165, 1.54) is 19.3 Å². The first kappa shape index (κ1) is 31.7. The molecule has 3 heterocycles. The summed E-state index contributed by atoms with van der Waals surface area (Å²) in [4.78, 5) is 26.9. The Bertz CT molecular complexity index is 1530. The van der Waals surface area contributed by atoms with E-state index in [2.05, 4.69) is 49.5 Å². The molecule has 2 amide bonds. The monoisotopic (exact) mass is 652 g/mol. The van der Waals surface area contributed by atoms with Crippen LogP contribution in [0, 0.1) is 23.7 Å². The van der Waals surface area contributed by atoms with E-state index in [1.807, 2.05) is 42.5 Å². The summed E-state index contributed by atoms with van der Waals surface area (Å²) >= 11 is 0. The van der Waals surface area contributed by atoms with Crippen molar-refractivity contribution in [2.24, 2.45) is 23.7 Å². The lowest BCUT2D eigenvalue weighted by Gasteiger charge is -2.56. The minimum atomic E-state index is -0.597. The number of hydrogen-bond acceptors (Lipinski definition) is 8. The van der Waals surface area contributed by atoms with E-state index in [1.54, 1.807) is 12.4 Å². The third kappa shape index (κ3) is 6.68. The van der Waals surface area contributed by atoms with Gasteiger partial charge in [-0.2, -0.15) is 0 Å². The zero-order valence-electron chi connectivity index (χ0n) is 27.8. The van der Waals surface area contributed by atoms with Crippen molar-refractivity contribution in [1.29, 1.82) is 0 Å². The Morgan fingerprint density at radius 2 is 1.58 bits per heavy atom. The van der Waals surface area contributed by atoms with Crippen molar-refractivity contribution < 1.29 is 19.4 Å². The Kier molecular flexibility index (Phi) is 8.83. The second-order valence-electron chi connectivity index (χ2n) is 15.1. The molecule has 4 atom stereocenters. The summed E-state index contributed by atoms with van der Waals surface area (Å²) in [6, 6.07) is 17.7. The Hall–Kier alpha value is -3.57. The number of rotatable bonds is 8. The summed E-state index contributed by atoms with van der Waals surface area (Å²) in [5, 5.41) is 16.2. The van der Waals surface area contributed by atoms with Gasteiger partial charge < -0.3 is 30.1 Å². The number of anilines is 2. The van der Waals surface area contributed by atoms with Crippen LogP contribution in [-0.2, 0) is 16.1 Å². The van der Waals surface area contributed by atoms with E-state index in [4.69, 9.17) is 9.47 Å². The van der Waals surface area contributed by atoms with Gasteiger partial charge >= 0.3 is 6.03 Å². The molecule has 254 valence electrons. The second kappa shape index (κ2) is 13.4. The summed E-state index contributed by atoms with van der Waals surface area (Å²) < 4.78 is 13.5. The van der Waals surface area contributed by atoms with Crippen LogP contribution in [0.4, 0.5) is 16.4 Å². The number of nitrogens with zero attached hydrogens (tertiary/aromatic N) is 4. The quantitative estimate of drug-likeness (QED) is 0.286. The topological polar surface area (TPSA) is 112 Å². The molecule has 0 radical (unpaired) electrons. The van der Waals surface area contributed by atoms with Gasteiger partial charge in [-0.1, -0.05) is 43.3 Å². The van der Waals surface area contributed by atoms with Gasteiger partial charge in [-0.25, -0.2) is 14.8 Å². The van der Waals surface area contributed by atoms with Crippen molar-refractivity contribution in [2.45, 2.75) is 76.1 Å². The number of hydrogen-bond donors (Lipinski definition) is 3. The largest absolute Gasteiger partial charge is 0.392 e. The van der Waals surface area contributed by atoms with Crippen LogP contribution in [0.15, 0.2) is 67.0 Å². The summed E-state index contributed by atoms with van der Waals surface area (Å²) in [7, 11) is 0. The van der Waals surface area contributed by atoms with Crippen LogP contribution in [0.25, 0.3) is 0 Å². The van der Waals surface area contributed by atoms with Crippen molar-refractivity contribution in [3.63, 3.8) is 0 Å². The number of aliphatic hydroxyl groups is 1. The smallest absolute Gasteiger partial charge is 0.319 e. The van der Waals surface area contributed by atoms with Crippen LogP contribution in [-0.4, -0.2) is 70.4 Å². The Morgan fingerprint density at radius 3 is 2.25 bits per heavy atom. The minimum absolute atomic E-state index is 0.00590. The zero-order chi connectivity index (χ0) is 32.7. The average molecular weight is 653 g/mol. The summed E-state index contributed by atoms with van der Waals surface area (Å²) in [6.45, 7) is 6.49. The van der Waals surface area contributed by atoms with Crippen LogP contribution < -0.4 is 15.5 Å². The maximum absolute atomic E-state index is 13.4. The third-order valence-corrected chi connectivity index (χ3v) is 11.6. The standard InChI is InChI=1S/C38H48N6O4/c1-25-33(23-43-12-14-44(15-13-43)36-39-10-3-11-40-36)47-35(48-34(25)30-8-6-26(24-45)7-9-30)31-4-2-5-32(19-31)41-37(46)42-38-20-27-16-28(21-38)18-29(17-27)22-38/h2-11,19,25,27-29,33-35,45H,12-18,20-24H2,1H3,(H2,41,42,46). The van der Waals surface area contributed by atoms with E-state index in [9.17, 15) is 9.90 Å². The van der Waals surface area contributed by atoms with Gasteiger partial charge in [0.15, 0.2) is 6.29 Å². The molecule has 6 aliphatic rings. The van der Waals surface area contributed by atoms with E-state index in [0.717, 1.165) is 98.1 Å². The molecule has 2 aliphatic heterocycles. The fourth-order valence-electron chi connectivity index (χ4n) is 9.60. The SMILES string of the molecule is CC1C(CN2CCN(c3ncccn3)CC2)OC(c2cccc(NC(=O)NC34CC5CC(CC(C5)C3)C4)c2)OC1c1ccc(CO)cc1. The molecular formula is C38H48N6O4. The average Bonchev–Trinajstić information content (AvgIpc) is 3.09. The predicted octanol–water partition coefficient (Wildman–Crippen LogP) is 5.67. The molecular weight excluding hydrogens is 604 g/mol. The lowest BCUT2D eigenvalue weighted by molar-refractivity contribution is -0.276. The number of aromatic nitrogens is 2. The van der Waals surface area contributed by atoms with Crippen LogP contribution in [0.2, 0.25) is 0 Å². The molecule has 4 saturated carbocycles. The first-order chi connectivity index (χ1) is 23.4. The molecule has 2 aromatic carbocycles. The Balaban J connectivity index is 0.968. The van der Waals surface area contributed by atoms with Gasteiger partial charge in [0.05, 0.1) is 18.8 Å². The van der Waals surface area contributed by atoms with E-state index in [-0.39, 0.29) is 36.3 Å². The van der Waals surface area contributed by atoms with E-state index in [0.29, 0.717) is 0 Å². The van der Waals surface area contributed by atoms with Crippen molar-refractivity contribution in [3.8, 4) is 0 Å². The molecule has 0 spiro atoms. The van der Waals surface area contributed by atoms with Gasteiger partial charge in [-0.05, 0) is 85.6 Å². The van der Waals surface area contributed by atoms with Gasteiger partial charge in [0.2, 0.25) is 5.95 Å². The van der Waals surface area contributed by atoms with E-state index >= 15 is 0 Å². The molecule has 6 fully saturated rings. The van der Waals surface area contributed by atoms with Gasteiger partial charge in [0.25, 0.3) is 0 Å². The molecule has 9 rings (SSSR count). The van der Waals surface area contributed by atoms with Crippen LogP contribution in [0.1, 0.15) is 74.5 Å². The van der Waals surface area contributed by atoms with Crippen LogP contribution >= 0.6 is 0 Å². The first-order valence-electron chi connectivity index (χ1n) is 17.9. The zero-order valence-corrected chi connectivity index (χ0v) is 27.8. The van der Waals surface area contributed by atoms with Gasteiger partial charge in [0, 0.05) is 67.8 Å². The van der Waals surface area contributed by atoms with Crippen molar-refractivity contribution in [3.05, 3.63) is 83.7 Å². The highest BCUT2D eigenvalue weighted by atomic mass is 16.7. The maximum Gasteiger partial charge on any atom is 0.319 e. The normalized spacial score (nSPS) is 33.0. The third-order valence-electron chi connectivity index (χ3n) is 11.6. The molecule has 48 heavy (non-hydrogen) atoms. The Morgan fingerprint density at radius 1 is 0.896 bits per heavy atom. The van der Waals surface area contributed by atoms with E-state index < -0.39 is 6.29 Å². The number of amides is 2. The predicted molar refractivity (Wildman–Crippen MR) is 183 cm³/mol. The highest BCUT2D eigenvalue weighted by molar-refractivity contribution is 5.90. The number of carbonyl (C=O) groups excluding carboxylic acids is 1. The fraction of sp³-hybridized carbons (Fsp3) is 0.553. The van der Waals surface area contributed by atoms with Crippen molar-refractivity contribution in [2.75, 3.05) is 42.9 Å². The highest BCUT2D eigenvalue weighted by Crippen LogP contribution is 2.55. The van der Waals surface area contributed by atoms with Gasteiger partial charge in [-0.15, -0.1) is 0 Å². The lowest BCUT2D eigenvalue weighted by atomic mass is 9.53. The number of carbonyl (C=O) groups is 1. The number of nitrogens with one attached hydrogen (secondary N) is 2. The molecule has 3 N–H and O–H groups in total. The lowest BCUT2D eigenvalue weighted by Crippen LogP contribution is -2.60. The number of benzene rings is 2. The highest BCUT2D eigenvalue weighted by Gasteiger charge is 2.51. The molecule has 3 aromatic rings. The molecule has 1 aromatic heterocycles. The van der Waals surface area contributed by atoms with Gasteiger partial charge in [-0.3, -0.25) is 4.90 Å². The summed E-state index contributed by atoms with van der Waals surface area (Å²) in [5.41, 5.74) is 3.50. The minimum Gasteiger partial charge on any atom is -0.392 e. The number of urea groups is 1. The van der Waals surface area contributed by atoms with Gasteiger partial charge in [0.1, 0.15) is 0 Å². The summed E-state index contributed by atoms with van der Waals surface area (Å²) in [6.07, 6.45) is 10.1. The molecule has 4 bridgehead atoms. The Labute approximate surface area is 283 Å². The number of aliphatic hydroxyl groups excluding tert-OH is 1. The van der Waals surface area contributed by atoms with Crippen molar-refractivity contribution >= 4 is 17.7 Å². The van der Waals surface area contributed by atoms with Crippen LogP contribution in [0.3, 0.4) is 0 Å². The molecule has 2 saturated heterocycles. The number of piperazine rings is 1. The molecule has 10 nitrogen and oxygen atoms in total. The molecule has 4 aliphatic carbocycles. The maximum atomic E-state index is 13.4.